The lowest BCUT2D eigenvalue weighted by Gasteiger charge is -2.35. The van der Waals surface area contributed by atoms with E-state index in [-0.39, 0.29) is 47.8 Å². The Morgan fingerprint density at radius 2 is 1.43 bits per heavy atom. The second-order valence-corrected chi connectivity index (χ2v) is 17.7. The summed E-state index contributed by atoms with van der Waals surface area (Å²) in [6.07, 6.45) is 4.98. The van der Waals surface area contributed by atoms with Gasteiger partial charge in [0.05, 0.1) is 42.1 Å². The van der Waals surface area contributed by atoms with Crippen molar-refractivity contribution in [2.45, 2.75) is 88.6 Å². The number of H-pyrrole nitrogens is 2. The summed E-state index contributed by atoms with van der Waals surface area (Å²) < 4.78 is 10.5. The SMILES string of the molecule is COC(=O)N[C@H](C(=O)N1[C@@H]2C[C@@H]2C[C@H]1c1ncc(-c2ccc3cc(-c4ccc5nc([C@@H]6C[C@H]7C[C@H]7N6C(=O)[C@@H](NC(=O)O)C(C)C)[nH]c5c4)ccc3c2)[nH]1)C1CCOCC1. The van der Waals surface area contributed by atoms with E-state index in [9.17, 15) is 24.3 Å². The van der Waals surface area contributed by atoms with E-state index in [1.807, 2.05) is 35.9 Å². The van der Waals surface area contributed by atoms with Crippen LogP contribution >= 0.6 is 0 Å². The van der Waals surface area contributed by atoms with E-state index >= 15 is 0 Å². The van der Waals surface area contributed by atoms with Crippen molar-refractivity contribution in [1.29, 1.82) is 0 Å². The standard InChI is InChI=1S/C45H50N8O7/c1-22(2)38(50-44(56)57)42(54)53-35-18-30(35)20-37(53)41-47-31-9-8-27(16-32(31)48-41)25-4-5-26-15-28(7-6-24(26)14-25)33-21-46-40(49-33)36-19-29-17-34(29)52(36)43(55)39(51-45(58)59-3)23-10-12-60-13-11-23/h4-9,14-16,21-23,29-30,34-39,50H,10-13,17-20H2,1-3H3,(H,46,49)(H,47,48)(H,51,58)(H,56,57)/t29-,30-,34-,35-,36+,37+,38+,39+/m1/s1. The number of aromatic nitrogens is 4. The van der Waals surface area contributed by atoms with Crippen LogP contribution in [0.3, 0.4) is 0 Å². The lowest BCUT2D eigenvalue weighted by Crippen LogP contribution is -2.54. The van der Waals surface area contributed by atoms with Crippen LogP contribution in [0.2, 0.25) is 0 Å². The molecule has 312 valence electrons. The van der Waals surface area contributed by atoms with Crippen molar-refractivity contribution >= 4 is 45.8 Å². The van der Waals surface area contributed by atoms with E-state index in [0.29, 0.717) is 37.9 Å². The third kappa shape index (κ3) is 6.91. The normalized spacial score (nSPS) is 25.5. The molecule has 0 unspecified atom stereocenters. The van der Waals surface area contributed by atoms with Crippen LogP contribution in [0.5, 0.6) is 0 Å². The molecule has 0 bridgehead atoms. The number of hydrogen-bond acceptors (Lipinski definition) is 8. The summed E-state index contributed by atoms with van der Waals surface area (Å²) >= 11 is 0. The molecule has 3 saturated heterocycles. The number of imidazole rings is 2. The van der Waals surface area contributed by atoms with Crippen molar-refractivity contribution in [3.05, 3.63) is 72.4 Å². The van der Waals surface area contributed by atoms with Gasteiger partial charge in [-0.05, 0) is 108 Å². The van der Waals surface area contributed by atoms with Crippen molar-refractivity contribution in [3.63, 3.8) is 0 Å². The summed E-state index contributed by atoms with van der Waals surface area (Å²) in [5.41, 5.74) is 5.64. The van der Waals surface area contributed by atoms with Gasteiger partial charge in [-0.25, -0.2) is 19.6 Å². The molecule has 4 amide bonds. The summed E-state index contributed by atoms with van der Waals surface area (Å²) in [6.45, 7) is 4.83. The largest absolute Gasteiger partial charge is 0.465 e. The third-order valence-electron chi connectivity index (χ3n) is 13.6. The van der Waals surface area contributed by atoms with Crippen LogP contribution in [0.4, 0.5) is 9.59 Å². The number of rotatable bonds is 10. The van der Waals surface area contributed by atoms with Gasteiger partial charge in [0, 0.05) is 30.9 Å². The van der Waals surface area contributed by atoms with Gasteiger partial charge < -0.3 is 45.0 Å². The zero-order valence-corrected chi connectivity index (χ0v) is 33.9. The first kappa shape index (κ1) is 38.3. The molecule has 5 fully saturated rings. The van der Waals surface area contributed by atoms with Crippen LogP contribution in [0.1, 0.15) is 76.1 Å². The Morgan fingerprint density at radius 1 is 0.800 bits per heavy atom. The highest BCUT2D eigenvalue weighted by atomic mass is 16.5. The molecule has 15 nitrogen and oxygen atoms in total. The first-order valence-corrected chi connectivity index (χ1v) is 21.2. The molecule has 0 radical (unpaired) electrons. The van der Waals surface area contributed by atoms with Crippen molar-refractivity contribution in [1.82, 2.24) is 40.4 Å². The number of methoxy groups -OCH3 is 1. The highest BCUT2D eigenvalue weighted by Crippen LogP contribution is 2.55. The molecular formula is C45H50N8O7. The van der Waals surface area contributed by atoms with Gasteiger partial charge in [-0.2, -0.15) is 0 Å². The van der Waals surface area contributed by atoms with E-state index in [1.54, 1.807) is 0 Å². The Labute approximate surface area is 346 Å². The summed E-state index contributed by atoms with van der Waals surface area (Å²) in [7, 11) is 1.32. The van der Waals surface area contributed by atoms with Gasteiger partial charge in [0.2, 0.25) is 11.8 Å². The fourth-order valence-electron chi connectivity index (χ4n) is 10.2. The fourth-order valence-corrected chi connectivity index (χ4v) is 10.2. The Kier molecular flexibility index (Phi) is 9.53. The summed E-state index contributed by atoms with van der Waals surface area (Å²) in [5, 5.41) is 16.9. The average Bonchev–Trinajstić information content (AvgIpc) is 3.87. The van der Waals surface area contributed by atoms with Crippen LogP contribution < -0.4 is 10.6 Å². The number of amides is 4. The quantitative estimate of drug-likeness (QED) is 0.104. The molecule has 8 atom stereocenters. The number of alkyl carbamates (subject to hydrolysis) is 1. The number of fused-ring (bicyclic) bond motifs is 4. The Balaban J connectivity index is 0.861. The monoisotopic (exact) mass is 814 g/mol. The number of carbonyl (C=O) groups is 4. The number of piperidine rings is 2. The maximum atomic E-state index is 14.2. The maximum absolute atomic E-state index is 14.2. The molecule has 60 heavy (non-hydrogen) atoms. The fraction of sp³-hybridized carbons (Fsp3) is 0.467. The molecular weight excluding hydrogens is 765 g/mol. The van der Waals surface area contributed by atoms with Gasteiger partial charge >= 0.3 is 12.2 Å². The van der Waals surface area contributed by atoms with Crippen LogP contribution in [-0.4, -0.2) is 103 Å². The zero-order valence-electron chi connectivity index (χ0n) is 33.9. The number of likely N-dealkylation sites (tertiary alicyclic amines) is 2. The average molecular weight is 815 g/mol. The number of ether oxygens (including phenoxy) is 2. The predicted molar refractivity (Wildman–Crippen MR) is 221 cm³/mol. The molecule has 5 heterocycles. The van der Waals surface area contributed by atoms with E-state index in [4.69, 9.17) is 19.4 Å². The van der Waals surface area contributed by atoms with Crippen molar-refractivity contribution in [3.8, 4) is 22.4 Å². The molecule has 5 aliphatic rings. The minimum Gasteiger partial charge on any atom is -0.465 e. The Hall–Kier alpha value is -5.96. The van der Waals surface area contributed by atoms with E-state index < -0.39 is 24.3 Å². The van der Waals surface area contributed by atoms with Gasteiger partial charge in [-0.3, -0.25) is 9.59 Å². The van der Waals surface area contributed by atoms with Gasteiger partial charge in [-0.1, -0.05) is 44.2 Å². The minimum absolute atomic E-state index is 0.0258. The van der Waals surface area contributed by atoms with E-state index in [0.717, 1.165) is 81.5 Å². The smallest absolute Gasteiger partial charge is 0.407 e. The molecule has 2 aliphatic carbocycles. The molecule has 10 rings (SSSR count). The van der Waals surface area contributed by atoms with E-state index in [2.05, 4.69) is 69.1 Å². The maximum Gasteiger partial charge on any atom is 0.407 e. The summed E-state index contributed by atoms with van der Waals surface area (Å²) in [5.74, 6) is 1.84. The van der Waals surface area contributed by atoms with Crippen molar-refractivity contribution < 1.29 is 33.8 Å². The van der Waals surface area contributed by atoms with Gasteiger partial charge in [0.25, 0.3) is 0 Å². The van der Waals surface area contributed by atoms with Crippen LogP contribution in [0.25, 0.3) is 44.2 Å². The third-order valence-corrected chi connectivity index (χ3v) is 13.6. The van der Waals surface area contributed by atoms with Gasteiger partial charge in [-0.15, -0.1) is 0 Å². The predicted octanol–water partition coefficient (Wildman–Crippen LogP) is 6.54. The highest BCUT2D eigenvalue weighted by Gasteiger charge is 2.57. The van der Waals surface area contributed by atoms with Crippen LogP contribution in [0.15, 0.2) is 60.8 Å². The molecule has 3 aromatic carbocycles. The number of hydrogen-bond donors (Lipinski definition) is 5. The second kappa shape index (κ2) is 14.9. The highest BCUT2D eigenvalue weighted by molar-refractivity contribution is 5.92. The van der Waals surface area contributed by atoms with Gasteiger partial charge in [0.15, 0.2) is 0 Å². The number of aromatic amines is 2. The minimum atomic E-state index is -1.20. The zero-order chi connectivity index (χ0) is 41.4. The number of carboxylic acid groups (broad SMARTS) is 1. The number of benzene rings is 3. The number of carbonyl (C=O) groups excluding carboxylic acids is 3. The second-order valence-electron chi connectivity index (χ2n) is 17.7. The molecule has 3 aliphatic heterocycles. The van der Waals surface area contributed by atoms with Gasteiger partial charge in [0.1, 0.15) is 23.7 Å². The lowest BCUT2D eigenvalue weighted by atomic mass is 9.90. The summed E-state index contributed by atoms with van der Waals surface area (Å²) in [4.78, 5) is 72.5. The Morgan fingerprint density at radius 3 is 2.12 bits per heavy atom. The Bertz CT molecular complexity index is 2510. The number of nitrogens with zero attached hydrogens (tertiary/aromatic N) is 4. The van der Waals surface area contributed by atoms with Crippen molar-refractivity contribution in [2.75, 3.05) is 20.3 Å². The molecule has 5 N–H and O–H groups in total. The van der Waals surface area contributed by atoms with Crippen LogP contribution in [0, 0.1) is 23.7 Å². The number of nitrogens with one attached hydrogen (secondary N) is 4. The lowest BCUT2D eigenvalue weighted by molar-refractivity contribution is -0.138. The first-order valence-electron chi connectivity index (χ1n) is 21.2. The molecule has 15 heteroatoms. The molecule has 0 spiro atoms. The molecule has 5 aromatic rings. The van der Waals surface area contributed by atoms with Crippen LogP contribution in [-0.2, 0) is 19.1 Å². The first-order chi connectivity index (χ1) is 29.0. The topological polar surface area (TPSA) is 195 Å². The molecule has 2 saturated carbocycles. The molecule has 2 aromatic heterocycles. The van der Waals surface area contributed by atoms with E-state index in [1.165, 1.54) is 7.11 Å². The summed E-state index contributed by atoms with van der Waals surface area (Å²) in [6, 6.07) is 17.2. The van der Waals surface area contributed by atoms with Crippen molar-refractivity contribution in [2.24, 2.45) is 23.7 Å².